The van der Waals surface area contributed by atoms with E-state index in [0.29, 0.717) is 17.2 Å². The second-order valence-electron chi connectivity index (χ2n) is 10.3. The summed E-state index contributed by atoms with van der Waals surface area (Å²) in [4.78, 5) is 23.9. The van der Waals surface area contributed by atoms with E-state index in [1.807, 2.05) is 54.9 Å². The van der Waals surface area contributed by atoms with Crippen LogP contribution >= 0.6 is 0 Å². The summed E-state index contributed by atoms with van der Waals surface area (Å²) in [6.45, 7) is 0. The summed E-state index contributed by atoms with van der Waals surface area (Å²) in [5.41, 5.74) is 8.48. The molecule has 6 nitrogen and oxygen atoms in total. The lowest BCUT2D eigenvalue weighted by Gasteiger charge is -2.10. The lowest BCUT2D eigenvalue weighted by atomic mass is 10.0. The van der Waals surface area contributed by atoms with Gasteiger partial charge in [-0.25, -0.2) is 19.9 Å². The van der Waals surface area contributed by atoms with E-state index in [0.717, 1.165) is 44.8 Å². The van der Waals surface area contributed by atoms with Gasteiger partial charge in [-0.3, -0.25) is 9.55 Å². The maximum atomic E-state index is 4.95. The molecule has 4 aromatic heterocycles. The van der Waals surface area contributed by atoms with Crippen molar-refractivity contribution >= 4 is 21.8 Å². The third kappa shape index (κ3) is 4.51. The quantitative estimate of drug-likeness (QED) is 0.214. The highest BCUT2D eigenvalue weighted by Crippen LogP contribution is 2.32. The van der Waals surface area contributed by atoms with Gasteiger partial charge in [0.25, 0.3) is 0 Å². The van der Waals surface area contributed by atoms with Crippen molar-refractivity contribution in [1.29, 1.82) is 0 Å². The first-order valence-corrected chi connectivity index (χ1v) is 14.1. The standard InChI is InChI=1S/C37H24N6/c1-2-9-27(10-3-1)37-41-31(26-18-16-25(17-19-26)28-11-8-20-38-22-28)21-32(42-37)33-23-40-36(24-39-33)43-34-14-6-4-12-29(34)30-13-5-7-15-35(30)43/h1-24H. The van der Waals surface area contributed by atoms with Gasteiger partial charge in [0.05, 0.1) is 34.8 Å². The third-order valence-corrected chi connectivity index (χ3v) is 7.64. The zero-order valence-corrected chi connectivity index (χ0v) is 23.0. The summed E-state index contributed by atoms with van der Waals surface area (Å²) in [5.74, 6) is 1.39. The van der Waals surface area contributed by atoms with Crippen molar-refractivity contribution in [3.05, 3.63) is 146 Å². The van der Waals surface area contributed by atoms with Crippen LogP contribution in [0.5, 0.6) is 0 Å². The Morgan fingerprint density at radius 2 is 1.09 bits per heavy atom. The van der Waals surface area contributed by atoms with Gasteiger partial charge in [-0.2, -0.15) is 0 Å². The van der Waals surface area contributed by atoms with Gasteiger partial charge < -0.3 is 0 Å². The van der Waals surface area contributed by atoms with Crippen LogP contribution in [-0.2, 0) is 0 Å². The molecule has 4 heterocycles. The van der Waals surface area contributed by atoms with E-state index < -0.39 is 0 Å². The number of pyridine rings is 1. The number of nitrogens with zero attached hydrogens (tertiary/aromatic N) is 6. The number of fused-ring (bicyclic) bond motifs is 3. The van der Waals surface area contributed by atoms with E-state index in [4.69, 9.17) is 19.9 Å². The molecular formula is C37H24N6. The SMILES string of the molecule is c1ccc(-c2nc(-c3ccc(-c4cccnc4)cc3)cc(-c3cnc(-n4c5ccccc5c5ccccc54)cn3)n2)cc1. The average molecular weight is 553 g/mol. The number of hydrogen-bond acceptors (Lipinski definition) is 5. The fourth-order valence-corrected chi connectivity index (χ4v) is 5.55. The molecule has 4 aromatic carbocycles. The Labute approximate surface area is 248 Å². The number of para-hydroxylation sites is 2. The molecule has 0 saturated heterocycles. The Kier molecular flexibility index (Phi) is 6.01. The van der Waals surface area contributed by atoms with Gasteiger partial charge in [-0.05, 0) is 35.4 Å². The van der Waals surface area contributed by atoms with Crippen molar-refractivity contribution in [2.24, 2.45) is 0 Å². The first-order chi connectivity index (χ1) is 21.3. The second-order valence-corrected chi connectivity index (χ2v) is 10.3. The van der Waals surface area contributed by atoms with Gasteiger partial charge in [0.15, 0.2) is 11.6 Å². The van der Waals surface area contributed by atoms with Crippen LogP contribution in [0.1, 0.15) is 0 Å². The topological polar surface area (TPSA) is 69.4 Å². The van der Waals surface area contributed by atoms with Crippen molar-refractivity contribution in [2.75, 3.05) is 0 Å². The minimum absolute atomic E-state index is 0.637. The van der Waals surface area contributed by atoms with E-state index in [2.05, 4.69) is 88.4 Å². The third-order valence-electron chi connectivity index (χ3n) is 7.64. The number of rotatable bonds is 5. The van der Waals surface area contributed by atoms with Gasteiger partial charge in [0, 0.05) is 34.3 Å². The van der Waals surface area contributed by atoms with E-state index in [1.54, 1.807) is 12.4 Å². The van der Waals surface area contributed by atoms with Crippen LogP contribution in [0.3, 0.4) is 0 Å². The first-order valence-electron chi connectivity index (χ1n) is 14.1. The molecule has 6 heteroatoms. The fourth-order valence-electron chi connectivity index (χ4n) is 5.55. The summed E-state index contributed by atoms with van der Waals surface area (Å²) in [5, 5.41) is 2.37. The zero-order chi connectivity index (χ0) is 28.6. The molecule has 202 valence electrons. The highest BCUT2D eigenvalue weighted by molar-refractivity contribution is 6.09. The van der Waals surface area contributed by atoms with Crippen LogP contribution in [0.15, 0.2) is 146 Å². The highest BCUT2D eigenvalue weighted by Gasteiger charge is 2.15. The van der Waals surface area contributed by atoms with Crippen LogP contribution in [0.25, 0.3) is 72.8 Å². The molecule has 0 aliphatic carbocycles. The highest BCUT2D eigenvalue weighted by atomic mass is 15.1. The van der Waals surface area contributed by atoms with Crippen LogP contribution in [0, 0.1) is 0 Å². The second kappa shape index (κ2) is 10.4. The molecule has 0 unspecified atom stereocenters. The van der Waals surface area contributed by atoms with Gasteiger partial charge in [-0.1, -0.05) is 97.1 Å². The van der Waals surface area contributed by atoms with Crippen LogP contribution in [-0.4, -0.2) is 29.5 Å². The van der Waals surface area contributed by atoms with E-state index >= 15 is 0 Å². The molecule has 0 aliphatic heterocycles. The summed E-state index contributed by atoms with van der Waals surface area (Å²) in [6, 6.07) is 41.1. The smallest absolute Gasteiger partial charge is 0.160 e. The van der Waals surface area contributed by atoms with Crippen molar-refractivity contribution in [3.8, 4) is 51.0 Å². The summed E-state index contributed by atoms with van der Waals surface area (Å²) in [7, 11) is 0. The van der Waals surface area contributed by atoms with Crippen molar-refractivity contribution < 1.29 is 0 Å². The lowest BCUT2D eigenvalue weighted by molar-refractivity contribution is 1.04. The van der Waals surface area contributed by atoms with Gasteiger partial charge in [0.1, 0.15) is 5.69 Å². The largest absolute Gasteiger partial charge is 0.293 e. The molecule has 8 rings (SSSR count). The van der Waals surface area contributed by atoms with Crippen molar-refractivity contribution in [1.82, 2.24) is 29.5 Å². The Morgan fingerprint density at radius 3 is 1.77 bits per heavy atom. The molecule has 0 aliphatic rings. The summed E-state index contributed by atoms with van der Waals surface area (Å²) in [6.07, 6.45) is 7.27. The van der Waals surface area contributed by atoms with E-state index in [9.17, 15) is 0 Å². The summed E-state index contributed by atoms with van der Waals surface area (Å²) < 4.78 is 2.16. The Bertz CT molecular complexity index is 2150. The van der Waals surface area contributed by atoms with Crippen LogP contribution < -0.4 is 0 Å². The molecule has 0 fully saturated rings. The van der Waals surface area contributed by atoms with Gasteiger partial charge >= 0.3 is 0 Å². The van der Waals surface area contributed by atoms with E-state index in [1.165, 1.54) is 10.8 Å². The molecular weight excluding hydrogens is 528 g/mol. The monoisotopic (exact) mass is 552 g/mol. The maximum Gasteiger partial charge on any atom is 0.160 e. The molecule has 0 amide bonds. The van der Waals surface area contributed by atoms with Crippen molar-refractivity contribution in [2.45, 2.75) is 0 Å². The molecule has 0 spiro atoms. The van der Waals surface area contributed by atoms with Gasteiger partial charge in [-0.15, -0.1) is 0 Å². The number of aromatic nitrogens is 6. The van der Waals surface area contributed by atoms with Crippen LogP contribution in [0.4, 0.5) is 0 Å². The number of hydrogen-bond donors (Lipinski definition) is 0. The molecule has 0 saturated carbocycles. The minimum Gasteiger partial charge on any atom is -0.293 e. The predicted octanol–water partition coefficient (Wildman–Crippen LogP) is 8.43. The molecule has 0 N–H and O–H groups in total. The van der Waals surface area contributed by atoms with Crippen LogP contribution in [0.2, 0.25) is 0 Å². The summed E-state index contributed by atoms with van der Waals surface area (Å²) >= 11 is 0. The molecule has 43 heavy (non-hydrogen) atoms. The minimum atomic E-state index is 0.637. The maximum absolute atomic E-state index is 4.95. The Hall–Kier alpha value is -6.01. The lowest BCUT2D eigenvalue weighted by Crippen LogP contribution is -2.01. The normalized spacial score (nSPS) is 11.3. The average Bonchev–Trinajstić information content (AvgIpc) is 3.43. The predicted molar refractivity (Wildman–Crippen MR) is 171 cm³/mol. The molecule has 8 aromatic rings. The van der Waals surface area contributed by atoms with Crippen molar-refractivity contribution in [3.63, 3.8) is 0 Å². The van der Waals surface area contributed by atoms with Gasteiger partial charge in [0.2, 0.25) is 0 Å². The van der Waals surface area contributed by atoms with E-state index in [-0.39, 0.29) is 0 Å². The Morgan fingerprint density at radius 1 is 0.442 bits per heavy atom. The number of benzene rings is 4. The molecule has 0 atom stereocenters. The first kappa shape index (κ1) is 24.8. The fraction of sp³-hybridized carbons (Fsp3) is 0. The zero-order valence-electron chi connectivity index (χ0n) is 23.0. The Balaban J connectivity index is 1.22. The molecule has 0 radical (unpaired) electrons. The molecule has 0 bridgehead atoms.